The van der Waals surface area contributed by atoms with Gasteiger partial charge in [0, 0.05) is 16.6 Å². The van der Waals surface area contributed by atoms with Gasteiger partial charge in [-0.1, -0.05) is 22.5 Å². The number of carbonyl (C=O) groups is 1. The Morgan fingerprint density at radius 1 is 1.47 bits per heavy atom. The molecule has 1 unspecified atom stereocenters. The van der Waals surface area contributed by atoms with Crippen LogP contribution in [0.2, 0.25) is 0 Å². The number of nitrogens with zero attached hydrogens (tertiary/aromatic N) is 1. The second-order valence-electron chi connectivity index (χ2n) is 3.30. The van der Waals surface area contributed by atoms with Gasteiger partial charge in [-0.3, -0.25) is 10.1 Å². The summed E-state index contributed by atoms with van der Waals surface area (Å²) in [7, 11) is 0. The zero-order valence-corrected chi connectivity index (χ0v) is 10.6. The molecule has 0 fully saturated rings. The number of ether oxygens (including phenoxy) is 1. The van der Waals surface area contributed by atoms with Crippen molar-refractivity contribution < 1.29 is 14.5 Å². The summed E-state index contributed by atoms with van der Waals surface area (Å²) in [5, 5.41) is 10.4. The first-order valence-corrected chi connectivity index (χ1v) is 5.51. The summed E-state index contributed by atoms with van der Waals surface area (Å²) < 4.78 is 5.59. The Kier molecular flexibility index (Phi) is 4.39. The average Bonchev–Trinajstić information content (AvgIpc) is 2.28. The van der Waals surface area contributed by atoms with E-state index in [1.54, 1.807) is 6.92 Å². The van der Waals surface area contributed by atoms with Gasteiger partial charge in [0.05, 0.1) is 10.5 Å². The van der Waals surface area contributed by atoms with Gasteiger partial charge in [-0.05, 0) is 19.1 Å². The fraction of sp³-hybridized carbons (Fsp3) is 0.182. The summed E-state index contributed by atoms with van der Waals surface area (Å²) in [6, 6.07) is 5.21. The Morgan fingerprint density at radius 2 is 2.00 bits per heavy atom. The van der Waals surface area contributed by atoms with Crippen molar-refractivity contribution in [2.75, 3.05) is 0 Å². The van der Waals surface area contributed by atoms with E-state index in [0.29, 0.717) is 4.48 Å². The standard InChI is InChI=1S/C11H10BrNO4/c1-7(12)8(2)17-11(14)9-3-5-10(6-4-9)13(15)16/h3-6,8H,1H2,2H3. The molecular weight excluding hydrogens is 290 g/mol. The van der Waals surface area contributed by atoms with E-state index in [1.807, 2.05) is 0 Å². The first-order chi connectivity index (χ1) is 7.91. The number of halogens is 1. The fourth-order valence-corrected chi connectivity index (χ4v) is 1.11. The van der Waals surface area contributed by atoms with Gasteiger partial charge in [0.2, 0.25) is 0 Å². The molecule has 0 aliphatic heterocycles. The topological polar surface area (TPSA) is 69.4 Å². The minimum atomic E-state index is -0.548. The SMILES string of the molecule is C=C(Br)C(C)OC(=O)c1ccc([N+](=O)[O-])cc1. The van der Waals surface area contributed by atoms with Crippen LogP contribution >= 0.6 is 15.9 Å². The number of non-ortho nitro benzene ring substituents is 1. The van der Waals surface area contributed by atoms with E-state index in [1.165, 1.54) is 24.3 Å². The Bertz CT molecular complexity index is 455. The monoisotopic (exact) mass is 299 g/mol. The Balaban J connectivity index is 2.77. The Morgan fingerprint density at radius 3 is 2.41 bits per heavy atom. The van der Waals surface area contributed by atoms with Crippen LogP contribution in [0.5, 0.6) is 0 Å². The lowest BCUT2D eigenvalue weighted by atomic mass is 10.2. The average molecular weight is 300 g/mol. The highest BCUT2D eigenvalue weighted by atomic mass is 79.9. The van der Waals surface area contributed by atoms with Crippen LogP contribution < -0.4 is 0 Å². The lowest BCUT2D eigenvalue weighted by Crippen LogP contribution is -2.14. The van der Waals surface area contributed by atoms with Gasteiger partial charge >= 0.3 is 5.97 Å². The molecule has 90 valence electrons. The van der Waals surface area contributed by atoms with Crippen LogP contribution in [0.25, 0.3) is 0 Å². The molecule has 0 aliphatic rings. The molecule has 6 heteroatoms. The number of nitro groups is 1. The molecule has 0 saturated carbocycles. The van der Waals surface area contributed by atoms with Crippen LogP contribution in [0.4, 0.5) is 5.69 Å². The van der Waals surface area contributed by atoms with Crippen LogP contribution in [0.3, 0.4) is 0 Å². The number of benzene rings is 1. The van der Waals surface area contributed by atoms with Crippen molar-refractivity contribution in [1.82, 2.24) is 0 Å². The Hall–Kier alpha value is -1.69. The lowest BCUT2D eigenvalue weighted by Gasteiger charge is -2.11. The highest BCUT2D eigenvalue weighted by Crippen LogP contribution is 2.16. The molecule has 0 radical (unpaired) electrons. The molecule has 1 rings (SSSR count). The number of rotatable bonds is 4. The van der Waals surface area contributed by atoms with Crippen molar-refractivity contribution in [3.63, 3.8) is 0 Å². The maximum Gasteiger partial charge on any atom is 0.338 e. The molecule has 0 aliphatic carbocycles. The van der Waals surface area contributed by atoms with Crippen LogP contribution in [0.1, 0.15) is 17.3 Å². The molecule has 0 N–H and O–H groups in total. The smallest absolute Gasteiger partial charge is 0.338 e. The van der Waals surface area contributed by atoms with Gasteiger partial charge in [-0.2, -0.15) is 0 Å². The molecule has 1 aromatic carbocycles. The van der Waals surface area contributed by atoms with E-state index in [4.69, 9.17) is 4.74 Å². The van der Waals surface area contributed by atoms with E-state index in [2.05, 4.69) is 22.5 Å². The number of carbonyl (C=O) groups excluding carboxylic acids is 1. The van der Waals surface area contributed by atoms with Crippen molar-refractivity contribution in [2.24, 2.45) is 0 Å². The lowest BCUT2D eigenvalue weighted by molar-refractivity contribution is -0.384. The normalized spacial score (nSPS) is 11.6. The van der Waals surface area contributed by atoms with Crippen molar-refractivity contribution >= 4 is 27.6 Å². The maximum absolute atomic E-state index is 11.6. The zero-order valence-electron chi connectivity index (χ0n) is 9.05. The third kappa shape index (κ3) is 3.67. The second-order valence-corrected chi connectivity index (χ2v) is 4.32. The molecule has 0 saturated heterocycles. The second kappa shape index (κ2) is 5.58. The minimum Gasteiger partial charge on any atom is -0.454 e. The van der Waals surface area contributed by atoms with Crippen molar-refractivity contribution in [3.05, 3.63) is 51.0 Å². The molecule has 0 spiro atoms. The zero-order chi connectivity index (χ0) is 13.0. The summed E-state index contributed by atoms with van der Waals surface area (Å²) in [6.45, 7) is 5.26. The van der Waals surface area contributed by atoms with Gasteiger partial charge in [-0.15, -0.1) is 0 Å². The van der Waals surface area contributed by atoms with Crippen LogP contribution in [-0.4, -0.2) is 17.0 Å². The molecular formula is C11H10BrNO4. The summed E-state index contributed by atoms with van der Waals surface area (Å²) in [5.74, 6) is -0.548. The predicted octanol–water partition coefficient (Wildman–Crippen LogP) is 3.05. The molecule has 0 bridgehead atoms. The third-order valence-corrected chi connectivity index (χ3v) is 2.68. The highest BCUT2D eigenvalue weighted by molar-refractivity contribution is 9.11. The van der Waals surface area contributed by atoms with E-state index >= 15 is 0 Å². The van der Waals surface area contributed by atoms with Gasteiger partial charge < -0.3 is 4.74 Å². The van der Waals surface area contributed by atoms with Crippen molar-refractivity contribution in [1.29, 1.82) is 0 Å². The maximum atomic E-state index is 11.6. The predicted molar refractivity (Wildman–Crippen MR) is 66.0 cm³/mol. The molecule has 5 nitrogen and oxygen atoms in total. The Labute approximate surface area is 106 Å². The first-order valence-electron chi connectivity index (χ1n) is 4.71. The van der Waals surface area contributed by atoms with Gasteiger partial charge in [0.25, 0.3) is 5.69 Å². The minimum absolute atomic E-state index is 0.0699. The van der Waals surface area contributed by atoms with E-state index < -0.39 is 17.0 Å². The third-order valence-electron chi connectivity index (χ3n) is 2.04. The van der Waals surface area contributed by atoms with Crippen molar-refractivity contribution in [3.8, 4) is 0 Å². The van der Waals surface area contributed by atoms with Crippen molar-refractivity contribution in [2.45, 2.75) is 13.0 Å². The largest absolute Gasteiger partial charge is 0.454 e. The molecule has 0 aromatic heterocycles. The van der Waals surface area contributed by atoms with Crippen LogP contribution in [0.15, 0.2) is 35.3 Å². The summed E-state index contributed by atoms with van der Waals surface area (Å²) in [5.41, 5.74) is 0.190. The van der Waals surface area contributed by atoms with Gasteiger partial charge in [0.15, 0.2) is 0 Å². The molecule has 1 atom stereocenters. The van der Waals surface area contributed by atoms with E-state index in [9.17, 15) is 14.9 Å². The first kappa shape index (κ1) is 13.4. The number of nitro benzene ring substituents is 1. The summed E-state index contributed by atoms with van der Waals surface area (Å²) >= 11 is 3.11. The summed E-state index contributed by atoms with van der Waals surface area (Å²) in [6.07, 6.45) is -0.460. The quantitative estimate of drug-likeness (QED) is 0.487. The number of hydrogen-bond donors (Lipinski definition) is 0. The summed E-state index contributed by atoms with van der Waals surface area (Å²) in [4.78, 5) is 21.5. The number of hydrogen-bond acceptors (Lipinski definition) is 4. The van der Waals surface area contributed by atoms with E-state index in [-0.39, 0.29) is 11.3 Å². The highest BCUT2D eigenvalue weighted by Gasteiger charge is 2.14. The molecule has 17 heavy (non-hydrogen) atoms. The van der Waals surface area contributed by atoms with Gasteiger partial charge in [-0.25, -0.2) is 4.79 Å². The fourth-order valence-electron chi connectivity index (χ4n) is 1.01. The van der Waals surface area contributed by atoms with Gasteiger partial charge in [0.1, 0.15) is 6.10 Å². The van der Waals surface area contributed by atoms with E-state index in [0.717, 1.165) is 0 Å². The molecule has 0 amide bonds. The van der Waals surface area contributed by atoms with Crippen LogP contribution in [-0.2, 0) is 4.74 Å². The molecule has 0 heterocycles. The molecule has 1 aromatic rings. The number of esters is 1. The van der Waals surface area contributed by atoms with Crippen LogP contribution in [0, 0.1) is 10.1 Å².